The maximum atomic E-state index is 12.5. The van der Waals surface area contributed by atoms with Crippen LogP contribution in [0, 0.1) is 5.41 Å². The molecule has 3 fully saturated rings. The Kier molecular flexibility index (Phi) is 4.21. The highest BCUT2D eigenvalue weighted by Crippen LogP contribution is 2.60. The Morgan fingerprint density at radius 2 is 1.77 bits per heavy atom. The zero-order valence-electron chi connectivity index (χ0n) is 15.2. The monoisotopic (exact) mass is 361 g/mol. The molecule has 4 rings (SSSR count). The van der Waals surface area contributed by atoms with Crippen molar-refractivity contribution in [1.82, 2.24) is 4.90 Å². The van der Waals surface area contributed by atoms with Gasteiger partial charge < -0.3 is 14.6 Å². The van der Waals surface area contributed by atoms with Gasteiger partial charge in [-0.05, 0) is 39.2 Å². The first-order valence-corrected chi connectivity index (χ1v) is 8.53. The number of rotatable bonds is 4. The van der Waals surface area contributed by atoms with Crippen LogP contribution in [0.15, 0.2) is 30.3 Å². The lowest BCUT2D eigenvalue weighted by Gasteiger charge is -2.43. The maximum absolute atomic E-state index is 12.5. The molecule has 0 atom stereocenters. The van der Waals surface area contributed by atoms with Crippen molar-refractivity contribution in [3.8, 4) is 0 Å². The SMILES string of the molecule is CC(C)(C)OC(=O)C12CN(C(=O)OCc3ccccc3)C(C(=O)O)(C1)C2. The van der Waals surface area contributed by atoms with Crippen molar-refractivity contribution in [1.29, 1.82) is 0 Å². The van der Waals surface area contributed by atoms with Gasteiger partial charge in [-0.1, -0.05) is 30.3 Å². The minimum atomic E-state index is -1.38. The Bertz CT molecular complexity index is 730. The van der Waals surface area contributed by atoms with Gasteiger partial charge in [0.1, 0.15) is 17.7 Å². The fourth-order valence-corrected chi connectivity index (χ4v) is 3.72. The molecular weight excluding hydrogens is 338 g/mol. The molecule has 1 N–H and O–H groups in total. The van der Waals surface area contributed by atoms with Gasteiger partial charge in [-0.3, -0.25) is 9.69 Å². The fourth-order valence-electron chi connectivity index (χ4n) is 3.72. The molecule has 0 spiro atoms. The molecule has 0 radical (unpaired) electrons. The van der Waals surface area contributed by atoms with E-state index in [2.05, 4.69) is 0 Å². The molecule has 2 saturated heterocycles. The molecule has 1 saturated carbocycles. The van der Waals surface area contributed by atoms with Gasteiger partial charge in [0, 0.05) is 6.54 Å². The third-order valence-electron chi connectivity index (χ3n) is 4.89. The van der Waals surface area contributed by atoms with Gasteiger partial charge in [-0.25, -0.2) is 9.59 Å². The highest BCUT2D eigenvalue weighted by Gasteiger charge is 2.75. The van der Waals surface area contributed by atoms with Gasteiger partial charge in [-0.2, -0.15) is 0 Å². The van der Waals surface area contributed by atoms with E-state index >= 15 is 0 Å². The Labute approximate surface area is 151 Å². The summed E-state index contributed by atoms with van der Waals surface area (Å²) in [5.41, 5.74) is -2.21. The Hall–Kier alpha value is -2.57. The van der Waals surface area contributed by atoms with Gasteiger partial charge in [-0.15, -0.1) is 0 Å². The second-order valence-electron chi connectivity index (χ2n) is 8.10. The minimum absolute atomic E-state index is 0.00182. The summed E-state index contributed by atoms with van der Waals surface area (Å²) in [5.74, 6) is -1.58. The number of carboxylic acids is 1. The number of carboxylic acid groups (broad SMARTS) is 1. The number of amides is 1. The number of hydrogen-bond donors (Lipinski definition) is 1. The minimum Gasteiger partial charge on any atom is -0.479 e. The molecule has 3 aliphatic rings. The largest absolute Gasteiger partial charge is 0.479 e. The summed E-state index contributed by atoms with van der Waals surface area (Å²) in [7, 11) is 0. The van der Waals surface area contributed by atoms with Gasteiger partial charge in [0.2, 0.25) is 0 Å². The standard InChI is InChI=1S/C19H23NO6/c1-17(2,3)26-15(23)18-10-19(11-18,14(21)22)20(12-18)16(24)25-9-13-7-5-4-6-8-13/h4-8H,9-12H2,1-3H3,(H,21,22). The van der Waals surface area contributed by atoms with Crippen LogP contribution in [0.25, 0.3) is 0 Å². The predicted molar refractivity (Wildman–Crippen MR) is 91.2 cm³/mol. The molecule has 0 aromatic heterocycles. The number of nitrogens with zero attached hydrogens (tertiary/aromatic N) is 1. The van der Waals surface area contributed by atoms with Crippen LogP contribution in [0.1, 0.15) is 39.2 Å². The number of fused-ring (bicyclic) bond motifs is 1. The van der Waals surface area contributed by atoms with Crippen molar-refractivity contribution in [3.63, 3.8) is 0 Å². The summed E-state index contributed by atoms with van der Waals surface area (Å²) in [6.45, 7) is 5.32. The van der Waals surface area contributed by atoms with Crippen molar-refractivity contribution in [2.24, 2.45) is 5.41 Å². The van der Waals surface area contributed by atoms with Crippen LogP contribution in [0.2, 0.25) is 0 Å². The number of ether oxygens (including phenoxy) is 2. The maximum Gasteiger partial charge on any atom is 0.411 e. The average molecular weight is 361 g/mol. The van der Waals surface area contributed by atoms with Gasteiger partial charge in [0.25, 0.3) is 0 Å². The number of carbonyl (C=O) groups is 3. The quantitative estimate of drug-likeness (QED) is 0.829. The van der Waals surface area contributed by atoms with E-state index in [-0.39, 0.29) is 26.0 Å². The van der Waals surface area contributed by atoms with Crippen LogP contribution in [0.5, 0.6) is 0 Å². The summed E-state index contributed by atoms with van der Waals surface area (Å²) in [6, 6.07) is 9.13. The third-order valence-corrected chi connectivity index (χ3v) is 4.89. The zero-order chi connectivity index (χ0) is 19.2. The Balaban J connectivity index is 1.72. The van der Waals surface area contributed by atoms with Crippen LogP contribution < -0.4 is 0 Å². The Morgan fingerprint density at radius 3 is 2.31 bits per heavy atom. The Morgan fingerprint density at radius 1 is 1.15 bits per heavy atom. The van der Waals surface area contributed by atoms with Crippen LogP contribution in [0.3, 0.4) is 0 Å². The average Bonchev–Trinajstić information content (AvgIpc) is 3.05. The molecule has 2 heterocycles. The number of esters is 1. The number of benzene rings is 1. The lowest BCUT2D eigenvalue weighted by Crippen LogP contribution is -2.58. The molecule has 140 valence electrons. The lowest BCUT2D eigenvalue weighted by molar-refractivity contribution is -0.175. The number of carbonyl (C=O) groups excluding carboxylic acids is 2. The molecule has 1 aromatic carbocycles. The van der Waals surface area contributed by atoms with Gasteiger partial charge >= 0.3 is 18.0 Å². The van der Waals surface area contributed by atoms with Crippen LogP contribution >= 0.6 is 0 Å². The fraction of sp³-hybridized carbons (Fsp3) is 0.526. The molecule has 1 aromatic rings. The van der Waals surface area contributed by atoms with Crippen molar-refractivity contribution >= 4 is 18.0 Å². The normalized spacial score (nSPS) is 26.8. The van der Waals surface area contributed by atoms with E-state index in [1.807, 2.05) is 30.3 Å². The van der Waals surface area contributed by atoms with E-state index < -0.39 is 34.6 Å². The first-order valence-electron chi connectivity index (χ1n) is 8.53. The van der Waals surface area contributed by atoms with E-state index in [9.17, 15) is 19.5 Å². The molecule has 1 aliphatic carbocycles. The highest BCUT2D eigenvalue weighted by molar-refractivity contribution is 5.94. The summed E-state index contributed by atoms with van der Waals surface area (Å²) >= 11 is 0. The van der Waals surface area contributed by atoms with Gasteiger partial charge in [0.15, 0.2) is 0 Å². The first kappa shape index (κ1) is 18.2. The molecule has 2 aliphatic heterocycles. The molecule has 7 heteroatoms. The predicted octanol–water partition coefficient (Wildman–Crippen LogP) is 2.58. The second-order valence-corrected chi connectivity index (χ2v) is 8.10. The van der Waals surface area contributed by atoms with E-state index in [1.165, 1.54) is 4.90 Å². The smallest absolute Gasteiger partial charge is 0.411 e. The van der Waals surface area contributed by atoms with Gasteiger partial charge in [0.05, 0.1) is 5.41 Å². The van der Waals surface area contributed by atoms with E-state index in [1.54, 1.807) is 20.8 Å². The molecule has 7 nitrogen and oxygen atoms in total. The van der Waals surface area contributed by atoms with Crippen molar-refractivity contribution in [3.05, 3.63) is 35.9 Å². The number of hydrogen-bond acceptors (Lipinski definition) is 5. The topological polar surface area (TPSA) is 93.1 Å². The summed E-state index contributed by atoms with van der Waals surface area (Å²) in [5, 5.41) is 9.64. The molecule has 1 amide bonds. The lowest BCUT2D eigenvalue weighted by atomic mass is 9.62. The molecule has 2 bridgehead atoms. The van der Waals surface area contributed by atoms with Crippen LogP contribution in [-0.2, 0) is 25.7 Å². The highest BCUT2D eigenvalue weighted by atomic mass is 16.6. The number of aliphatic carboxylic acids is 1. The summed E-state index contributed by atoms with van der Waals surface area (Å²) < 4.78 is 10.7. The molecule has 0 unspecified atom stereocenters. The van der Waals surface area contributed by atoms with E-state index in [4.69, 9.17) is 9.47 Å². The molecule has 26 heavy (non-hydrogen) atoms. The summed E-state index contributed by atoms with van der Waals surface area (Å²) in [6.07, 6.45) is -0.603. The van der Waals surface area contributed by atoms with E-state index in [0.29, 0.717) is 0 Å². The summed E-state index contributed by atoms with van der Waals surface area (Å²) in [4.78, 5) is 38.0. The molecular formula is C19H23NO6. The van der Waals surface area contributed by atoms with Crippen molar-refractivity contribution in [2.75, 3.05) is 6.54 Å². The zero-order valence-corrected chi connectivity index (χ0v) is 15.2. The van der Waals surface area contributed by atoms with Crippen LogP contribution in [0.4, 0.5) is 4.79 Å². The van der Waals surface area contributed by atoms with Crippen molar-refractivity contribution < 1.29 is 29.0 Å². The van der Waals surface area contributed by atoms with Crippen LogP contribution in [-0.4, -0.2) is 45.7 Å². The van der Waals surface area contributed by atoms with E-state index in [0.717, 1.165) is 5.56 Å². The third kappa shape index (κ3) is 3.02. The second kappa shape index (κ2) is 6.00. The van der Waals surface area contributed by atoms with Crippen molar-refractivity contribution in [2.45, 2.75) is 51.4 Å². The first-order chi connectivity index (χ1) is 12.1.